The highest BCUT2D eigenvalue weighted by molar-refractivity contribution is 8.19. The second-order valence-corrected chi connectivity index (χ2v) is 8.67. The average molecular weight is 459 g/mol. The van der Waals surface area contributed by atoms with Gasteiger partial charge < -0.3 is 9.47 Å². The van der Waals surface area contributed by atoms with Crippen molar-refractivity contribution in [2.24, 2.45) is 4.99 Å². The number of benzene rings is 3. The molecule has 1 aliphatic heterocycles. The summed E-state index contributed by atoms with van der Waals surface area (Å²) in [5, 5.41) is 0.622. The smallest absolute Gasteiger partial charge is 0.271 e. The lowest BCUT2D eigenvalue weighted by atomic mass is 10.1. The monoisotopic (exact) mass is 458 g/mol. The fourth-order valence-electron chi connectivity index (χ4n) is 3.40. The fraction of sp³-hybridized carbons (Fsp3) is 0.185. The Hall–Kier alpha value is -3.51. The molecule has 0 atom stereocenters. The van der Waals surface area contributed by atoms with Crippen LogP contribution >= 0.6 is 11.8 Å². The Morgan fingerprint density at radius 3 is 2.24 bits per heavy atom. The van der Waals surface area contributed by atoms with Crippen molar-refractivity contribution in [3.05, 3.63) is 88.3 Å². The Bertz CT molecular complexity index is 1220. The summed E-state index contributed by atoms with van der Waals surface area (Å²) in [7, 11) is 1.61. The molecule has 0 radical (unpaired) electrons. The molecule has 1 amide bonds. The predicted molar refractivity (Wildman–Crippen MR) is 137 cm³/mol. The Morgan fingerprint density at radius 2 is 1.61 bits per heavy atom. The summed E-state index contributed by atoms with van der Waals surface area (Å²) >= 11 is 1.36. The molecule has 3 aromatic rings. The third-order valence-corrected chi connectivity index (χ3v) is 6.11. The van der Waals surface area contributed by atoms with Crippen molar-refractivity contribution in [2.75, 3.05) is 18.6 Å². The van der Waals surface area contributed by atoms with Crippen molar-refractivity contribution in [3.8, 4) is 11.5 Å². The van der Waals surface area contributed by atoms with Gasteiger partial charge in [-0.3, -0.25) is 9.69 Å². The zero-order valence-electron chi connectivity index (χ0n) is 19.2. The van der Waals surface area contributed by atoms with Crippen LogP contribution in [0, 0.1) is 13.8 Å². The van der Waals surface area contributed by atoms with Crippen molar-refractivity contribution in [1.29, 1.82) is 0 Å². The number of hydrogen-bond donors (Lipinski definition) is 0. The van der Waals surface area contributed by atoms with Crippen LogP contribution in [0.15, 0.2) is 76.6 Å². The Morgan fingerprint density at radius 1 is 0.939 bits per heavy atom. The number of amides is 1. The minimum atomic E-state index is -0.109. The van der Waals surface area contributed by atoms with Gasteiger partial charge in [-0.2, -0.15) is 0 Å². The molecule has 5 nitrogen and oxygen atoms in total. The van der Waals surface area contributed by atoms with E-state index in [0.717, 1.165) is 28.1 Å². The summed E-state index contributed by atoms with van der Waals surface area (Å²) < 4.78 is 11.1. The van der Waals surface area contributed by atoms with Gasteiger partial charge in [0.1, 0.15) is 0 Å². The van der Waals surface area contributed by atoms with Crippen LogP contribution in [0.1, 0.15) is 23.6 Å². The third-order valence-electron chi connectivity index (χ3n) is 5.14. The number of ether oxygens (including phenoxy) is 2. The van der Waals surface area contributed by atoms with Gasteiger partial charge in [0.2, 0.25) is 0 Å². The number of thioether (sulfide) groups is 1. The molecular formula is C27H26N2O3S. The minimum absolute atomic E-state index is 0.109. The first-order chi connectivity index (χ1) is 16.0. The van der Waals surface area contributed by atoms with Crippen LogP contribution in [0.3, 0.4) is 0 Å². The molecule has 1 heterocycles. The number of rotatable bonds is 6. The standard InChI is InChI=1S/C27H26N2O3S/c1-5-32-23-15-10-20(16-24(23)31-4)17-25-26(30)29(22-13-8-19(3)9-14-22)27(33-25)28-21-11-6-18(2)7-12-21/h6-17H,5H2,1-4H3/b25-17-,28-27?. The van der Waals surface area contributed by atoms with Gasteiger partial charge in [0.25, 0.3) is 5.91 Å². The molecule has 33 heavy (non-hydrogen) atoms. The van der Waals surface area contributed by atoms with E-state index < -0.39 is 0 Å². The molecule has 1 fully saturated rings. The van der Waals surface area contributed by atoms with Gasteiger partial charge in [-0.15, -0.1) is 0 Å². The van der Waals surface area contributed by atoms with E-state index in [0.29, 0.717) is 28.2 Å². The topological polar surface area (TPSA) is 51.1 Å². The molecule has 1 aliphatic rings. The van der Waals surface area contributed by atoms with Crippen molar-refractivity contribution < 1.29 is 14.3 Å². The molecule has 0 spiro atoms. The normalized spacial score (nSPS) is 16.0. The average Bonchev–Trinajstić information content (AvgIpc) is 3.11. The quantitative estimate of drug-likeness (QED) is 0.395. The van der Waals surface area contributed by atoms with Crippen molar-refractivity contribution in [1.82, 2.24) is 0 Å². The van der Waals surface area contributed by atoms with Gasteiger partial charge in [-0.1, -0.05) is 41.5 Å². The molecule has 0 aromatic heterocycles. The molecule has 1 saturated heterocycles. The van der Waals surface area contributed by atoms with Gasteiger partial charge >= 0.3 is 0 Å². The summed E-state index contributed by atoms with van der Waals surface area (Å²) in [6.45, 7) is 6.54. The molecule has 4 rings (SSSR count). The SMILES string of the molecule is CCOc1ccc(/C=C2\SC(=Nc3ccc(C)cc3)N(c3ccc(C)cc3)C2=O)cc1OC. The lowest BCUT2D eigenvalue weighted by Crippen LogP contribution is -2.28. The van der Waals surface area contributed by atoms with Crippen LogP contribution in [0.5, 0.6) is 11.5 Å². The van der Waals surface area contributed by atoms with Crippen LogP contribution in [0.2, 0.25) is 0 Å². The van der Waals surface area contributed by atoms with E-state index in [4.69, 9.17) is 14.5 Å². The summed E-state index contributed by atoms with van der Waals surface area (Å²) in [6, 6.07) is 21.5. The number of nitrogens with zero attached hydrogens (tertiary/aromatic N) is 2. The second-order valence-electron chi connectivity index (χ2n) is 7.66. The number of carbonyl (C=O) groups is 1. The zero-order chi connectivity index (χ0) is 23.4. The fourth-order valence-corrected chi connectivity index (χ4v) is 4.40. The van der Waals surface area contributed by atoms with Gasteiger partial charge in [0.05, 0.1) is 30.0 Å². The van der Waals surface area contributed by atoms with E-state index in [2.05, 4.69) is 0 Å². The van der Waals surface area contributed by atoms with E-state index in [1.807, 2.05) is 93.6 Å². The first-order valence-corrected chi connectivity index (χ1v) is 11.6. The Kier molecular flexibility index (Phi) is 6.84. The third kappa shape index (κ3) is 5.12. The first kappa shape index (κ1) is 22.7. The highest BCUT2D eigenvalue weighted by Crippen LogP contribution is 2.38. The van der Waals surface area contributed by atoms with Gasteiger partial charge in [0, 0.05) is 0 Å². The van der Waals surface area contributed by atoms with Crippen LogP contribution in [-0.4, -0.2) is 24.8 Å². The lowest BCUT2D eigenvalue weighted by molar-refractivity contribution is -0.113. The molecule has 3 aromatic carbocycles. The van der Waals surface area contributed by atoms with Crippen molar-refractivity contribution in [2.45, 2.75) is 20.8 Å². The van der Waals surface area contributed by atoms with E-state index in [9.17, 15) is 4.79 Å². The number of aryl methyl sites for hydroxylation is 2. The number of aliphatic imine (C=N–C) groups is 1. The number of carbonyl (C=O) groups excluding carboxylic acids is 1. The predicted octanol–water partition coefficient (Wildman–Crippen LogP) is 6.52. The Balaban J connectivity index is 1.74. The molecule has 0 aliphatic carbocycles. The Labute approximate surface area is 198 Å². The lowest BCUT2D eigenvalue weighted by Gasteiger charge is -2.16. The number of methoxy groups -OCH3 is 1. The maximum absolute atomic E-state index is 13.5. The molecule has 0 saturated carbocycles. The van der Waals surface area contributed by atoms with Crippen LogP contribution in [-0.2, 0) is 4.79 Å². The molecular weight excluding hydrogens is 432 g/mol. The van der Waals surface area contributed by atoms with Gasteiger partial charge in [-0.05, 0) is 80.6 Å². The van der Waals surface area contributed by atoms with Gasteiger partial charge in [-0.25, -0.2) is 4.99 Å². The maximum atomic E-state index is 13.5. The highest BCUT2D eigenvalue weighted by atomic mass is 32.2. The molecule has 0 unspecified atom stereocenters. The van der Waals surface area contributed by atoms with E-state index in [-0.39, 0.29) is 5.91 Å². The summed E-state index contributed by atoms with van der Waals surface area (Å²) in [5.74, 6) is 1.20. The van der Waals surface area contributed by atoms with E-state index in [1.165, 1.54) is 11.8 Å². The maximum Gasteiger partial charge on any atom is 0.271 e. The molecule has 168 valence electrons. The van der Waals surface area contributed by atoms with Crippen LogP contribution < -0.4 is 14.4 Å². The molecule has 0 N–H and O–H groups in total. The highest BCUT2D eigenvalue weighted by Gasteiger charge is 2.34. The molecule has 0 bridgehead atoms. The number of amidine groups is 1. The van der Waals surface area contributed by atoms with Crippen molar-refractivity contribution in [3.63, 3.8) is 0 Å². The van der Waals surface area contributed by atoms with Crippen LogP contribution in [0.25, 0.3) is 6.08 Å². The van der Waals surface area contributed by atoms with E-state index in [1.54, 1.807) is 12.0 Å². The minimum Gasteiger partial charge on any atom is -0.493 e. The summed E-state index contributed by atoms with van der Waals surface area (Å²) in [4.78, 5) is 20.5. The summed E-state index contributed by atoms with van der Waals surface area (Å²) in [6.07, 6.45) is 1.87. The second kappa shape index (κ2) is 9.96. The van der Waals surface area contributed by atoms with Crippen molar-refractivity contribution >= 4 is 40.3 Å². The van der Waals surface area contributed by atoms with E-state index >= 15 is 0 Å². The zero-order valence-corrected chi connectivity index (χ0v) is 20.0. The number of anilines is 1. The van der Waals surface area contributed by atoms with Crippen LogP contribution in [0.4, 0.5) is 11.4 Å². The number of hydrogen-bond acceptors (Lipinski definition) is 5. The largest absolute Gasteiger partial charge is 0.493 e. The first-order valence-electron chi connectivity index (χ1n) is 10.8. The molecule has 6 heteroatoms. The summed E-state index contributed by atoms with van der Waals surface area (Å²) in [5.41, 5.74) is 4.74. The van der Waals surface area contributed by atoms with Gasteiger partial charge in [0.15, 0.2) is 16.7 Å².